The number of nitrogen functional groups attached to an aromatic ring is 1. The van der Waals surface area contributed by atoms with Crippen LogP contribution in [0.2, 0.25) is 0 Å². The van der Waals surface area contributed by atoms with E-state index in [4.69, 9.17) is 10.5 Å². The fraction of sp³-hybridized carbons (Fsp3) is 0.323. The van der Waals surface area contributed by atoms with E-state index in [2.05, 4.69) is 54.7 Å². The maximum atomic E-state index is 13.7. The number of hydrogen-bond acceptors (Lipinski definition) is 8. The average molecular weight is 577 g/mol. The zero-order valence-corrected chi connectivity index (χ0v) is 24.3. The molecule has 0 unspecified atom stereocenters. The van der Waals surface area contributed by atoms with Crippen molar-refractivity contribution >= 4 is 23.6 Å². The van der Waals surface area contributed by atoms with Gasteiger partial charge in [0.2, 0.25) is 11.8 Å². The summed E-state index contributed by atoms with van der Waals surface area (Å²) in [5.41, 5.74) is 12.0. The van der Waals surface area contributed by atoms with Crippen LogP contribution >= 0.6 is 11.9 Å². The first-order valence-electron chi connectivity index (χ1n) is 13.6. The Morgan fingerprint density at radius 1 is 0.902 bits per heavy atom. The highest BCUT2D eigenvalue weighted by molar-refractivity contribution is 7.96. The van der Waals surface area contributed by atoms with Gasteiger partial charge in [-0.1, -0.05) is 53.9 Å². The minimum atomic E-state index is -2.71. The summed E-state index contributed by atoms with van der Waals surface area (Å²) in [5.74, 6) is 0.298. The second-order valence-electron chi connectivity index (χ2n) is 10.1. The smallest absolute Gasteiger partial charge is 0.280 e. The molecular weight excluding hydrogens is 542 g/mol. The van der Waals surface area contributed by atoms with E-state index in [0.29, 0.717) is 35.5 Å². The molecule has 2 aromatic carbocycles. The zero-order valence-electron chi connectivity index (χ0n) is 23.5. The molecule has 0 atom stereocenters. The Bertz CT molecular complexity index is 1480. The second-order valence-corrected chi connectivity index (χ2v) is 10.9. The van der Waals surface area contributed by atoms with Gasteiger partial charge in [-0.15, -0.1) is 0 Å². The monoisotopic (exact) mass is 576 g/mol. The maximum absolute atomic E-state index is 13.7. The van der Waals surface area contributed by atoms with E-state index in [1.54, 1.807) is 24.9 Å². The number of hydrogen-bond donors (Lipinski definition) is 1. The molecule has 1 aliphatic rings. The van der Waals surface area contributed by atoms with Crippen LogP contribution < -0.4 is 15.4 Å². The van der Waals surface area contributed by atoms with E-state index in [0.717, 1.165) is 42.9 Å². The minimum absolute atomic E-state index is 0.0464. The average Bonchev–Trinajstić information content (AvgIpc) is 2.97. The van der Waals surface area contributed by atoms with Crippen LogP contribution in [0, 0.1) is 13.8 Å². The molecule has 2 aromatic heterocycles. The second kappa shape index (κ2) is 12.8. The number of alkyl halides is 2. The summed E-state index contributed by atoms with van der Waals surface area (Å²) in [6, 6.07) is 19.4. The standard InChI is InChI=1S/C31H34F2N6OS/c1-20-4-8-23(9-5-20)28-27(24-18-21(2)35-26(19-24)29(32)33)30(37-31(34)36-28)40-17-12-22-6-10-25(11-7-22)38-13-15-39(41-3)16-14-38/h4-11,18-19,29H,12-17H2,1-3H3,(H2,34,36,37). The third-order valence-corrected chi connectivity index (χ3v) is 8.01. The number of halogens is 2. The van der Waals surface area contributed by atoms with Gasteiger partial charge in [0.1, 0.15) is 5.69 Å². The molecule has 4 aromatic rings. The van der Waals surface area contributed by atoms with Crippen molar-refractivity contribution in [3.05, 3.63) is 83.2 Å². The van der Waals surface area contributed by atoms with Crippen molar-refractivity contribution in [1.29, 1.82) is 0 Å². The Hall–Kier alpha value is -3.76. The van der Waals surface area contributed by atoms with Crippen molar-refractivity contribution in [2.45, 2.75) is 26.7 Å². The first kappa shape index (κ1) is 28.8. The summed E-state index contributed by atoms with van der Waals surface area (Å²) < 4.78 is 36.0. The van der Waals surface area contributed by atoms with Gasteiger partial charge in [-0.2, -0.15) is 4.98 Å². The van der Waals surface area contributed by atoms with Gasteiger partial charge >= 0.3 is 0 Å². The summed E-state index contributed by atoms with van der Waals surface area (Å²) in [6.07, 6.45) is 0.0438. The molecule has 0 radical (unpaired) electrons. The van der Waals surface area contributed by atoms with Crippen molar-refractivity contribution in [2.75, 3.05) is 49.7 Å². The Morgan fingerprint density at radius 3 is 2.27 bits per heavy atom. The molecule has 10 heteroatoms. The highest BCUT2D eigenvalue weighted by Crippen LogP contribution is 2.39. The van der Waals surface area contributed by atoms with E-state index < -0.39 is 6.43 Å². The van der Waals surface area contributed by atoms with Crippen LogP contribution in [0.1, 0.15) is 28.9 Å². The molecule has 1 saturated heterocycles. The van der Waals surface area contributed by atoms with E-state index in [9.17, 15) is 8.78 Å². The van der Waals surface area contributed by atoms with Crippen molar-refractivity contribution in [3.8, 4) is 28.3 Å². The SMILES string of the molecule is CSN1CCN(c2ccc(CCOc3nc(N)nc(-c4ccc(C)cc4)c3-c3cc(C)nc(C(F)F)c3)cc2)CC1. The number of aromatic nitrogens is 3. The third-order valence-electron chi connectivity index (χ3n) is 7.13. The van der Waals surface area contributed by atoms with Crippen molar-refractivity contribution in [1.82, 2.24) is 19.3 Å². The summed E-state index contributed by atoms with van der Waals surface area (Å²) >= 11 is 1.79. The molecule has 0 bridgehead atoms. The lowest BCUT2D eigenvalue weighted by Gasteiger charge is -2.34. The summed E-state index contributed by atoms with van der Waals surface area (Å²) in [5, 5.41) is 0. The molecular formula is C31H34F2N6OS. The summed E-state index contributed by atoms with van der Waals surface area (Å²) in [7, 11) is 0. The van der Waals surface area contributed by atoms with Crippen molar-refractivity contribution < 1.29 is 13.5 Å². The van der Waals surface area contributed by atoms with Gasteiger partial charge in [0.25, 0.3) is 6.43 Å². The van der Waals surface area contributed by atoms with Crippen LogP contribution in [0.4, 0.5) is 20.4 Å². The number of aryl methyl sites for hydroxylation is 2. The molecule has 0 saturated carbocycles. The molecule has 0 amide bonds. The number of nitrogens with two attached hydrogens (primary N) is 1. The molecule has 214 valence electrons. The molecule has 1 fully saturated rings. The minimum Gasteiger partial charge on any atom is -0.477 e. The molecule has 5 rings (SSSR count). The lowest BCUT2D eigenvalue weighted by molar-refractivity contribution is 0.146. The number of pyridine rings is 1. The van der Waals surface area contributed by atoms with Gasteiger partial charge in [-0.3, -0.25) is 4.98 Å². The molecule has 41 heavy (non-hydrogen) atoms. The predicted octanol–water partition coefficient (Wildman–Crippen LogP) is 6.36. The molecule has 1 aliphatic heterocycles. The van der Waals surface area contributed by atoms with Crippen LogP contribution in [0.25, 0.3) is 22.4 Å². The highest BCUT2D eigenvalue weighted by Gasteiger charge is 2.22. The van der Waals surface area contributed by atoms with Gasteiger partial charge in [0.15, 0.2) is 0 Å². The number of anilines is 2. The van der Waals surface area contributed by atoms with Crippen molar-refractivity contribution in [3.63, 3.8) is 0 Å². The van der Waals surface area contributed by atoms with Crippen LogP contribution in [-0.2, 0) is 6.42 Å². The van der Waals surface area contributed by atoms with E-state index in [-0.39, 0.29) is 17.5 Å². The molecule has 3 heterocycles. The van der Waals surface area contributed by atoms with E-state index >= 15 is 0 Å². The fourth-order valence-electron chi connectivity index (χ4n) is 4.96. The van der Waals surface area contributed by atoms with Gasteiger partial charge in [0.05, 0.1) is 17.9 Å². The van der Waals surface area contributed by atoms with Crippen LogP contribution in [0.15, 0.2) is 60.7 Å². The highest BCUT2D eigenvalue weighted by atomic mass is 32.2. The Morgan fingerprint density at radius 2 is 1.61 bits per heavy atom. The molecule has 7 nitrogen and oxygen atoms in total. The summed E-state index contributed by atoms with van der Waals surface area (Å²) in [4.78, 5) is 15.3. The lowest BCUT2D eigenvalue weighted by atomic mass is 9.98. The Labute approximate surface area is 243 Å². The van der Waals surface area contributed by atoms with Gasteiger partial charge < -0.3 is 15.4 Å². The number of rotatable bonds is 9. The fourth-order valence-corrected chi connectivity index (χ4v) is 5.49. The summed E-state index contributed by atoms with van der Waals surface area (Å²) in [6.45, 7) is 8.11. The molecule has 0 spiro atoms. The first-order chi connectivity index (χ1) is 19.8. The number of piperazine rings is 1. The van der Waals surface area contributed by atoms with Gasteiger partial charge in [-0.05, 0) is 55.5 Å². The van der Waals surface area contributed by atoms with Gasteiger partial charge in [-0.25, -0.2) is 18.1 Å². The number of ether oxygens (including phenoxy) is 1. The Balaban J connectivity index is 1.40. The van der Waals surface area contributed by atoms with E-state index in [1.807, 2.05) is 31.2 Å². The van der Waals surface area contributed by atoms with Crippen LogP contribution in [0.5, 0.6) is 5.88 Å². The quantitative estimate of drug-likeness (QED) is 0.231. The van der Waals surface area contributed by atoms with Gasteiger partial charge in [0, 0.05) is 49.5 Å². The van der Waals surface area contributed by atoms with Crippen molar-refractivity contribution in [2.24, 2.45) is 0 Å². The lowest BCUT2D eigenvalue weighted by Crippen LogP contribution is -2.43. The first-order valence-corrected chi connectivity index (χ1v) is 14.8. The number of benzene rings is 2. The van der Waals surface area contributed by atoms with Crippen LogP contribution in [-0.4, -0.2) is 58.3 Å². The van der Waals surface area contributed by atoms with Crippen LogP contribution in [0.3, 0.4) is 0 Å². The largest absolute Gasteiger partial charge is 0.477 e. The molecule has 2 N–H and O–H groups in total. The number of nitrogens with zero attached hydrogens (tertiary/aromatic N) is 5. The maximum Gasteiger partial charge on any atom is 0.280 e. The third kappa shape index (κ3) is 6.94. The Kier molecular flexibility index (Phi) is 8.99. The predicted molar refractivity (Wildman–Crippen MR) is 162 cm³/mol. The van der Waals surface area contributed by atoms with E-state index in [1.165, 1.54) is 11.8 Å². The topological polar surface area (TPSA) is 80.4 Å². The normalized spacial score (nSPS) is 14.0. The molecule has 0 aliphatic carbocycles. The zero-order chi connectivity index (χ0) is 28.9.